The van der Waals surface area contributed by atoms with Gasteiger partial charge in [-0.3, -0.25) is 4.90 Å². The molecule has 1 saturated heterocycles. The van der Waals surface area contributed by atoms with Crippen LogP contribution < -0.4 is 5.73 Å². The van der Waals surface area contributed by atoms with Gasteiger partial charge in [-0.1, -0.05) is 15.9 Å². The van der Waals surface area contributed by atoms with Crippen LogP contribution in [0.2, 0.25) is 0 Å². The lowest BCUT2D eigenvalue weighted by Gasteiger charge is -2.36. The molecule has 2 nitrogen and oxygen atoms in total. The fourth-order valence-corrected chi connectivity index (χ4v) is 2.75. The Hall–Kier alpha value is -0.450. The highest BCUT2D eigenvalue weighted by atomic mass is 79.9. The Morgan fingerprint density at radius 3 is 3.00 bits per heavy atom. The predicted molar refractivity (Wildman–Crippen MR) is 71.2 cm³/mol. The summed E-state index contributed by atoms with van der Waals surface area (Å²) in [6.07, 6.45) is 2.05. The van der Waals surface area contributed by atoms with Gasteiger partial charge in [0.25, 0.3) is 0 Å². The van der Waals surface area contributed by atoms with Crippen molar-refractivity contribution in [1.29, 1.82) is 0 Å². The van der Waals surface area contributed by atoms with E-state index in [1.165, 1.54) is 6.07 Å². The van der Waals surface area contributed by atoms with Crippen LogP contribution in [0.5, 0.6) is 0 Å². The number of hydrogen-bond donors (Lipinski definition) is 1. The summed E-state index contributed by atoms with van der Waals surface area (Å²) in [5, 5.41) is 0. The summed E-state index contributed by atoms with van der Waals surface area (Å²) in [5.41, 5.74) is 6.95. The van der Waals surface area contributed by atoms with E-state index in [0.717, 1.165) is 36.0 Å². The molecule has 0 bridgehead atoms. The molecule has 17 heavy (non-hydrogen) atoms. The van der Waals surface area contributed by atoms with Crippen molar-refractivity contribution >= 4 is 15.9 Å². The van der Waals surface area contributed by atoms with Crippen molar-refractivity contribution in [3.63, 3.8) is 0 Å². The van der Waals surface area contributed by atoms with Crippen molar-refractivity contribution in [1.82, 2.24) is 4.90 Å². The molecule has 2 rings (SSSR count). The van der Waals surface area contributed by atoms with Crippen LogP contribution in [0.3, 0.4) is 0 Å². The first-order valence-corrected chi connectivity index (χ1v) is 6.79. The molecule has 94 valence electrons. The Bertz CT molecular complexity index is 397. The fraction of sp³-hybridized carbons (Fsp3) is 0.538. The minimum Gasteiger partial charge on any atom is -0.328 e. The molecule has 0 aliphatic carbocycles. The van der Waals surface area contributed by atoms with E-state index < -0.39 is 0 Å². The maximum atomic E-state index is 13.2. The average molecular weight is 301 g/mol. The number of benzene rings is 1. The van der Waals surface area contributed by atoms with Gasteiger partial charge in [0.05, 0.1) is 0 Å². The van der Waals surface area contributed by atoms with E-state index in [0.29, 0.717) is 12.1 Å². The highest BCUT2D eigenvalue weighted by Gasteiger charge is 2.23. The smallest absolute Gasteiger partial charge is 0.123 e. The first-order valence-electron chi connectivity index (χ1n) is 6.00. The summed E-state index contributed by atoms with van der Waals surface area (Å²) >= 11 is 3.47. The summed E-state index contributed by atoms with van der Waals surface area (Å²) < 4.78 is 14.2. The van der Waals surface area contributed by atoms with Crippen molar-refractivity contribution in [2.24, 2.45) is 5.73 Å². The SMILES string of the molecule is CC1CC(N)CCN1Cc1cc(F)ccc1Br. The van der Waals surface area contributed by atoms with Gasteiger partial charge in [0.2, 0.25) is 0 Å². The Labute approximate surface area is 110 Å². The number of likely N-dealkylation sites (tertiary alicyclic amines) is 1. The number of piperidine rings is 1. The number of halogens is 2. The van der Waals surface area contributed by atoms with Crippen molar-refractivity contribution in [2.45, 2.75) is 38.4 Å². The summed E-state index contributed by atoms with van der Waals surface area (Å²) in [4.78, 5) is 2.36. The average Bonchev–Trinajstić information content (AvgIpc) is 2.27. The largest absolute Gasteiger partial charge is 0.328 e. The maximum Gasteiger partial charge on any atom is 0.123 e. The molecule has 0 amide bonds. The van der Waals surface area contributed by atoms with Crippen LogP contribution >= 0.6 is 15.9 Å². The van der Waals surface area contributed by atoms with Crippen LogP contribution in [0.25, 0.3) is 0 Å². The molecular formula is C13H18BrFN2. The summed E-state index contributed by atoms with van der Waals surface area (Å²) in [5.74, 6) is -0.176. The van der Waals surface area contributed by atoms with Gasteiger partial charge in [-0.15, -0.1) is 0 Å². The molecule has 1 aliphatic heterocycles. The highest BCUT2D eigenvalue weighted by molar-refractivity contribution is 9.10. The minimum absolute atomic E-state index is 0.176. The van der Waals surface area contributed by atoms with Crippen molar-refractivity contribution in [3.05, 3.63) is 34.1 Å². The molecule has 4 heteroatoms. The van der Waals surface area contributed by atoms with Gasteiger partial charge in [0, 0.05) is 29.6 Å². The van der Waals surface area contributed by atoms with Crippen molar-refractivity contribution in [2.75, 3.05) is 6.54 Å². The second-order valence-electron chi connectivity index (χ2n) is 4.84. The molecule has 2 unspecified atom stereocenters. The van der Waals surface area contributed by atoms with Gasteiger partial charge in [-0.05, 0) is 43.5 Å². The number of nitrogens with two attached hydrogens (primary N) is 1. The van der Waals surface area contributed by atoms with E-state index in [1.807, 2.05) is 0 Å². The zero-order valence-electron chi connectivity index (χ0n) is 10.00. The Balaban J connectivity index is 2.07. The molecule has 2 N–H and O–H groups in total. The van der Waals surface area contributed by atoms with Crippen molar-refractivity contribution < 1.29 is 4.39 Å². The third-order valence-corrected chi connectivity index (χ3v) is 4.21. The second-order valence-corrected chi connectivity index (χ2v) is 5.69. The zero-order valence-corrected chi connectivity index (χ0v) is 11.6. The third kappa shape index (κ3) is 3.27. The van der Waals surface area contributed by atoms with Gasteiger partial charge in [0.15, 0.2) is 0 Å². The second kappa shape index (κ2) is 5.46. The molecule has 2 atom stereocenters. The molecule has 0 radical (unpaired) electrons. The molecule has 1 heterocycles. The molecule has 1 aromatic carbocycles. The third-order valence-electron chi connectivity index (χ3n) is 3.44. The monoisotopic (exact) mass is 300 g/mol. The van der Waals surface area contributed by atoms with Crippen LogP contribution in [0, 0.1) is 5.82 Å². The van der Waals surface area contributed by atoms with E-state index >= 15 is 0 Å². The molecule has 0 spiro atoms. The van der Waals surface area contributed by atoms with Crippen LogP contribution in [-0.2, 0) is 6.54 Å². The van der Waals surface area contributed by atoms with E-state index in [2.05, 4.69) is 27.8 Å². The summed E-state index contributed by atoms with van der Waals surface area (Å²) in [7, 11) is 0. The van der Waals surface area contributed by atoms with E-state index in [-0.39, 0.29) is 5.82 Å². The van der Waals surface area contributed by atoms with Gasteiger partial charge in [0.1, 0.15) is 5.82 Å². The summed E-state index contributed by atoms with van der Waals surface area (Å²) in [6.45, 7) is 3.96. The first kappa shape index (κ1) is 13.0. The van der Waals surface area contributed by atoms with Gasteiger partial charge >= 0.3 is 0 Å². The Morgan fingerprint density at radius 1 is 1.53 bits per heavy atom. The fourth-order valence-electron chi connectivity index (χ4n) is 2.38. The Kier molecular flexibility index (Phi) is 4.17. The van der Waals surface area contributed by atoms with Gasteiger partial charge < -0.3 is 5.73 Å². The van der Waals surface area contributed by atoms with E-state index in [1.54, 1.807) is 12.1 Å². The Morgan fingerprint density at radius 2 is 2.29 bits per heavy atom. The lowest BCUT2D eigenvalue weighted by atomic mass is 9.98. The van der Waals surface area contributed by atoms with Crippen LogP contribution in [0.15, 0.2) is 22.7 Å². The molecule has 1 fully saturated rings. The first-order chi connectivity index (χ1) is 8.06. The zero-order chi connectivity index (χ0) is 12.4. The van der Waals surface area contributed by atoms with E-state index in [4.69, 9.17) is 5.73 Å². The molecule has 1 aromatic rings. The van der Waals surface area contributed by atoms with Gasteiger partial charge in [-0.2, -0.15) is 0 Å². The predicted octanol–water partition coefficient (Wildman–Crippen LogP) is 2.90. The highest BCUT2D eigenvalue weighted by Crippen LogP contribution is 2.23. The lowest BCUT2D eigenvalue weighted by Crippen LogP contribution is -2.45. The molecular weight excluding hydrogens is 283 g/mol. The topological polar surface area (TPSA) is 29.3 Å². The van der Waals surface area contributed by atoms with Gasteiger partial charge in [-0.25, -0.2) is 4.39 Å². The van der Waals surface area contributed by atoms with Crippen molar-refractivity contribution in [3.8, 4) is 0 Å². The summed E-state index contributed by atoms with van der Waals surface area (Å²) in [6, 6.07) is 5.63. The molecule has 1 aliphatic rings. The van der Waals surface area contributed by atoms with Crippen LogP contribution in [0.1, 0.15) is 25.3 Å². The number of rotatable bonds is 2. The minimum atomic E-state index is -0.176. The quantitative estimate of drug-likeness (QED) is 0.910. The standard InChI is InChI=1S/C13H18BrFN2/c1-9-6-12(16)4-5-17(9)8-10-7-11(15)2-3-13(10)14/h2-3,7,9,12H,4-6,8,16H2,1H3. The number of nitrogens with zero attached hydrogens (tertiary/aromatic N) is 1. The van der Waals surface area contributed by atoms with E-state index in [9.17, 15) is 4.39 Å². The number of hydrogen-bond acceptors (Lipinski definition) is 2. The normalized spacial score (nSPS) is 26.1. The van der Waals surface area contributed by atoms with Crippen LogP contribution in [0.4, 0.5) is 4.39 Å². The molecule has 0 saturated carbocycles. The van der Waals surface area contributed by atoms with Crippen LogP contribution in [-0.4, -0.2) is 23.5 Å². The molecule has 0 aromatic heterocycles. The maximum absolute atomic E-state index is 13.2. The lowest BCUT2D eigenvalue weighted by molar-refractivity contribution is 0.139.